The average Bonchev–Trinajstić information content (AvgIpc) is 3.40. The lowest BCUT2D eigenvalue weighted by Crippen LogP contribution is -2.16. The normalized spacial score (nSPS) is 16.3. The largest absolute Gasteiger partial charge is 0.494 e. The van der Waals surface area contributed by atoms with Crippen molar-refractivity contribution in [2.45, 2.75) is 25.7 Å². The lowest BCUT2D eigenvalue weighted by molar-refractivity contribution is -0.117. The zero-order chi connectivity index (χ0) is 26.1. The van der Waals surface area contributed by atoms with Crippen molar-refractivity contribution in [3.63, 3.8) is 0 Å². The first-order chi connectivity index (χ1) is 17.9. The fraction of sp³-hybridized carbons (Fsp3) is 0.308. The number of ether oxygens (including phenoxy) is 1. The summed E-state index contributed by atoms with van der Waals surface area (Å²) in [6.07, 6.45) is 7.92. The summed E-state index contributed by atoms with van der Waals surface area (Å²) in [5.41, 5.74) is 3.31. The van der Waals surface area contributed by atoms with Gasteiger partial charge < -0.3 is 15.4 Å². The van der Waals surface area contributed by atoms with E-state index in [-0.39, 0.29) is 23.5 Å². The van der Waals surface area contributed by atoms with Crippen molar-refractivity contribution in [2.24, 2.45) is 20.0 Å². The summed E-state index contributed by atoms with van der Waals surface area (Å²) in [7, 11) is 5.22. The van der Waals surface area contributed by atoms with Crippen molar-refractivity contribution in [1.82, 2.24) is 29.5 Å². The molecule has 2 N–H and O–H groups in total. The highest BCUT2D eigenvalue weighted by Crippen LogP contribution is 2.48. The van der Waals surface area contributed by atoms with E-state index in [2.05, 4.69) is 30.8 Å². The van der Waals surface area contributed by atoms with Crippen molar-refractivity contribution in [3.05, 3.63) is 60.3 Å². The van der Waals surface area contributed by atoms with Crippen molar-refractivity contribution in [3.8, 4) is 17.1 Å². The van der Waals surface area contributed by atoms with Crippen LogP contribution in [0.15, 0.2) is 49.2 Å². The van der Waals surface area contributed by atoms with E-state index in [0.29, 0.717) is 46.3 Å². The van der Waals surface area contributed by atoms with Crippen LogP contribution in [0.5, 0.6) is 5.75 Å². The standard InChI is InChI=1S/C26H28N8O3/c1-5-22(35)19-12-27-23(31-26(36)18-9-17(18)15-11-29-33(2)13-15)10-21(19)30-20-8-6-7-16(24(20)37-4)25-28-14-34(3)32-25/h6-8,10-14,17-18H,5,9H2,1-4H3,(H2,27,30,31,36). The minimum Gasteiger partial charge on any atom is -0.494 e. The number of hydrogen-bond donors (Lipinski definition) is 2. The summed E-state index contributed by atoms with van der Waals surface area (Å²) in [4.78, 5) is 34.3. The Morgan fingerprint density at radius 2 is 1.97 bits per heavy atom. The molecule has 11 heteroatoms. The van der Waals surface area contributed by atoms with Crippen molar-refractivity contribution >= 4 is 28.9 Å². The number of aryl methyl sites for hydroxylation is 2. The Balaban J connectivity index is 1.41. The van der Waals surface area contributed by atoms with Gasteiger partial charge in [0.2, 0.25) is 5.91 Å². The van der Waals surface area contributed by atoms with E-state index in [9.17, 15) is 9.59 Å². The molecule has 1 amide bonds. The molecule has 11 nitrogen and oxygen atoms in total. The Hall–Kier alpha value is -4.54. The summed E-state index contributed by atoms with van der Waals surface area (Å²) < 4.78 is 9.05. The fourth-order valence-electron chi connectivity index (χ4n) is 4.38. The molecule has 1 aliphatic rings. The maximum Gasteiger partial charge on any atom is 0.229 e. The third kappa shape index (κ3) is 4.92. The van der Waals surface area contributed by atoms with E-state index < -0.39 is 0 Å². The van der Waals surface area contributed by atoms with E-state index in [1.54, 1.807) is 49.0 Å². The molecule has 0 saturated heterocycles. The summed E-state index contributed by atoms with van der Waals surface area (Å²) in [5.74, 6) is 1.24. The van der Waals surface area contributed by atoms with E-state index >= 15 is 0 Å². The van der Waals surface area contributed by atoms with Crippen LogP contribution < -0.4 is 15.4 Å². The van der Waals surface area contributed by atoms with Gasteiger partial charge >= 0.3 is 0 Å². The highest BCUT2D eigenvalue weighted by Gasteiger charge is 2.44. The third-order valence-corrected chi connectivity index (χ3v) is 6.39. The maximum atomic E-state index is 12.9. The molecule has 190 valence electrons. The molecule has 3 heterocycles. The molecule has 2 unspecified atom stereocenters. The smallest absolute Gasteiger partial charge is 0.229 e. The van der Waals surface area contributed by atoms with E-state index in [4.69, 9.17) is 4.74 Å². The second kappa shape index (κ2) is 9.84. The number of Topliss-reactive ketones (excluding diaryl/α,β-unsaturated/α-hetero) is 1. The van der Waals surface area contributed by atoms with Crippen LogP contribution in [0.4, 0.5) is 17.2 Å². The molecule has 4 aromatic rings. The van der Waals surface area contributed by atoms with Crippen LogP contribution in [0.3, 0.4) is 0 Å². The quantitative estimate of drug-likeness (QED) is 0.333. The first-order valence-corrected chi connectivity index (χ1v) is 12.0. The van der Waals surface area contributed by atoms with Gasteiger partial charge in [0.15, 0.2) is 17.4 Å². The Morgan fingerprint density at radius 3 is 2.65 bits per heavy atom. The predicted octanol–water partition coefficient (Wildman–Crippen LogP) is 3.70. The van der Waals surface area contributed by atoms with Gasteiger partial charge in [-0.25, -0.2) is 9.97 Å². The maximum absolute atomic E-state index is 12.9. The number of hydrogen-bond acceptors (Lipinski definition) is 8. The molecule has 1 saturated carbocycles. The van der Waals surface area contributed by atoms with E-state index in [1.165, 1.54) is 6.20 Å². The van der Waals surface area contributed by atoms with Gasteiger partial charge in [0.05, 0.1) is 35.8 Å². The van der Waals surface area contributed by atoms with E-state index in [1.807, 2.05) is 31.4 Å². The molecule has 0 spiro atoms. The van der Waals surface area contributed by atoms with Crippen LogP contribution in [-0.4, -0.2) is 48.3 Å². The summed E-state index contributed by atoms with van der Waals surface area (Å²) in [6.45, 7) is 1.79. The summed E-state index contributed by atoms with van der Waals surface area (Å²) >= 11 is 0. The van der Waals surface area contributed by atoms with Crippen LogP contribution >= 0.6 is 0 Å². The van der Waals surface area contributed by atoms with Crippen molar-refractivity contribution < 1.29 is 14.3 Å². The molecule has 5 rings (SSSR count). The molecular formula is C26H28N8O3. The van der Waals surface area contributed by atoms with Crippen LogP contribution in [0.25, 0.3) is 11.4 Å². The Labute approximate surface area is 213 Å². The highest BCUT2D eigenvalue weighted by molar-refractivity contribution is 6.03. The third-order valence-electron chi connectivity index (χ3n) is 6.39. The minimum absolute atomic E-state index is 0.0757. The molecule has 1 fully saturated rings. The Morgan fingerprint density at radius 1 is 1.14 bits per heavy atom. The van der Waals surface area contributed by atoms with Crippen LogP contribution in [0, 0.1) is 5.92 Å². The number of carbonyl (C=O) groups excluding carboxylic acids is 2. The van der Waals surface area contributed by atoms with Gasteiger partial charge in [-0.05, 0) is 30.0 Å². The SMILES string of the molecule is CCC(=O)c1cnc(NC(=O)C2CC2c2cnn(C)c2)cc1Nc1cccc(-c2ncn(C)n2)c1OC. The second-order valence-corrected chi connectivity index (χ2v) is 9.03. The number of nitrogens with one attached hydrogen (secondary N) is 2. The van der Waals surface area contributed by atoms with Crippen molar-refractivity contribution in [2.75, 3.05) is 17.7 Å². The number of amides is 1. The number of benzene rings is 1. The molecule has 1 aromatic carbocycles. The number of aromatic nitrogens is 6. The number of methoxy groups -OCH3 is 1. The number of pyridine rings is 1. The molecule has 37 heavy (non-hydrogen) atoms. The highest BCUT2D eigenvalue weighted by atomic mass is 16.5. The number of anilines is 3. The molecule has 1 aliphatic carbocycles. The number of carbonyl (C=O) groups is 2. The molecule has 0 radical (unpaired) electrons. The lowest BCUT2D eigenvalue weighted by atomic mass is 10.1. The topological polar surface area (TPSA) is 129 Å². The van der Waals surface area contributed by atoms with Gasteiger partial charge in [-0.1, -0.05) is 13.0 Å². The first-order valence-electron chi connectivity index (χ1n) is 12.0. The zero-order valence-electron chi connectivity index (χ0n) is 21.1. The summed E-state index contributed by atoms with van der Waals surface area (Å²) in [6, 6.07) is 7.23. The van der Waals surface area contributed by atoms with Crippen LogP contribution in [0.2, 0.25) is 0 Å². The molecule has 0 aliphatic heterocycles. The number of para-hydroxylation sites is 1. The second-order valence-electron chi connectivity index (χ2n) is 9.03. The van der Waals surface area contributed by atoms with Gasteiger partial charge in [0.25, 0.3) is 0 Å². The monoisotopic (exact) mass is 500 g/mol. The minimum atomic E-state index is -0.137. The molecule has 0 bridgehead atoms. The van der Waals surface area contributed by atoms with Gasteiger partial charge in [0.1, 0.15) is 12.1 Å². The number of nitrogens with zero attached hydrogens (tertiary/aromatic N) is 6. The van der Waals surface area contributed by atoms with Crippen molar-refractivity contribution in [1.29, 1.82) is 0 Å². The van der Waals surface area contributed by atoms with Crippen LogP contribution in [-0.2, 0) is 18.9 Å². The number of ketones is 1. The predicted molar refractivity (Wildman–Crippen MR) is 138 cm³/mol. The Kier molecular flexibility index (Phi) is 6.43. The van der Waals surface area contributed by atoms with Gasteiger partial charge in [0, 0.05) is 44.9 Å². The fourth-order valence-corrected chi connectivity index (χ4v) is 4.38. The molecule has 3 aromatic heterocycles. The first kappa shape index (κ1) is 24.2. The molecule has 2 atom stereocenters. The van der Waals surface area contributed by atoms with Gasteiger partial charge in [-0.15, -0.1) is 0 Å². The molecular weight excluding hydrogens is 472 g/mol. The van der Waals surface area contributed by atoms with Gasteiger partial charge in [-0.2, -0.15) is 10.2 Å². The number of rotatable bonds is 9. The Bertz CT molecular complexity index is 1470. The lowest BCUT2D eigenvalue weighted by Gasteiger charge is -2.16. The van der Waals surface area contributed by atoms with Gasteiger partial charge in [-0.3, -0.25) is 19.0 Å². The summed E-state index contributed by atoms with van der Waals surface area (Å²) in [5, 5.41) is 14.8. The van der Waals surface area contributed by atoms with E-state index in [0.717, 1.165) is 12.0 Å². The average molecular weight is 501 g/mol. The van der Waals surface area contributed by atoms with Crippen LogP contribution in [0.1, 0.15) is 41.6 Å². The zero-order valence-corrected chi connectivity index (χ0v) is 21.1.